The number of hydrogen-bond donors (Lipinski definition) is 1. The second-order valence-electron chi connectivity index (χ2n) is 8.75. The van der Waals surface area contributed by atoms with E-state index in [4.69, 9.17) is 14.2 Å². The summed E-state index contributed by atoms with van der Waals surface area (Å²) >= 11 is 0. The highest BCUT2D eigenvalue weighted by Crippen LogP contribution is 2.23. The van der Waals surface area contributed by atoms with Crippen LogP contribution in [0, 0.1) is 0 Å². The molecule has 0 fully saturated rings. The number of ether oxygens (including phenoxy) is 3. The molecule has 0 spiro atoms. The first kappa shape index (κ1) is 24.2. The Labute approximate surface area is 183 Å². The summed E-state index contributed by atoms with van der Waals surface area (Å²) in [7, 11) is 0. The van der Waals surface area contributed by atoms with Gasteiger partial charge in [0.2, 0.25) is 0 Å². The lowest BCUT2D eigenvalue weighted by molar-refractivity contribution is 0.0486. The van der Waals surface area contributed by atoms with Gasteiger partial charge >= 0.3 is 12.1 Å². The Morgan fingerprint density at radius 2 is 1.77 bits per heavy atom. The molecule has 0 unspecified atom stereocenters. The van der Waals surface area contributed by atoms with Crippen molar-refractivity contribution in [3.8, 4) is 5.75 Å². The van der Waals surface area contributed by atoms with Crippen LogP contribution in [0.15, 0.2) is 36.4 Å². The lowest BCUT2D eigenvalue weighted by Gasteiger charge is -2.27. The van der Waals surface area contributed by atoms with Gasteiger partial charge < -0.3 is 19.5 Å². The van der Waals surface area contributed by atoms with Gasteiger partial charge in [0.15, 0.2) is 0 Å². The van der Waals surface area contributed by atoms with Gasteiger partial charge in [0.25, 0.3) is 0 Å². The van der Waals surface area contributed by atoms with Crippen LogP contribution in [0.25, 0.3) is 0 Å². The molecule has 0 aliphatic carbocycles. The monoisotopic (exact) mass is 431 g/mol. The Balaban J connectivity index is 2.12. The van der Waals surface area contributed by atoms with E-state index in [-0.39, 0.29) is 13.2 Å². The van der Waals surface area contributed by atoms with E-state index in [1.54, 1.807) is 17.7 Å². The Kier molecular flexibility index (Phi) is 8.08. The van der Waals surface area contributed by atoms with Crippen molar-refractivity contribution in [2.24, 2.45) is 0 Å². The molecule has 1 aromatic heterocycles. The first-order chi connectivity index (χ1) is 14.5. The zero-order chi connectivity index (χ0) is 23.1. The van der Waals surface area contributed by atoms with E-state index < -0.39 is 23.2 Å². The topological polar surface area (TPSA) is 91.7 Å². The third-order valence-electron chi connectivity index (χ3n) is 4.35. The van der Waals surface area contributed by atoms with E-state index >= 15 is 0 Å². The maximum absolute atomic E-state index is 12.5. The van der Waals surface area contributed by atoms with E-state index in [0.29, 0.717) is 24.4 Å². The van der Waals surface area contributed by atoms with Crippen LogP contribution in [0.2, 0.25) is 0 Å². The van der Waals surface area contributed by atoms with E-state index in [9.17, 15) is 9.59 Å². The summed E-state index contributed by atoms with van der Waals surface area (Å²) in [4.78, 5) is 24.4. The molecule has 0 bridgehead atoms. The molecule has 170 valence electrons. The van der Waals surface area contributed by atoms with Crippen LogP contribution in [0.5, 0.6) is 5.75 Å². The number of carbonyl (C=O) groups is 2. The van der Waals surface area contributed by atoms with Gasteiger partial charge in [0, 0.05) is 6.54 Å². The first-order valence-electron chi connectivity index (χ1n) is 10.4. The number of nitrogens with one attached hydrogen (secondary N) is 1. The third kappa shape index (κ3) is 7.62. The lowest BCUT2D eigenvalue weighted by atomic mass is 10.0. The predicted octanol–water partition coefficient (Wildman–Crippen LogP) is 4.29. The molecular weight excluding hydrogens is 398 g/mol. The van der Waals surface area contributed by atoms with Crippen LogP contribution >= 0.6 is 0 Å². The van der Waals surface area contributed by atoms with Crippen LogP contribution in [0.3, 0.4) is 0 Å². The standard InChI is InChI=1S/C23H33N3O5/c1-7-29-20(27)19-15-17(16-30-18-11-9-8-10-12-18)25-26(19)23(5,6)13-14-24-21(28)31-22(2,3)4/h8-12,15H,7,13-14,16H2,1-6H3,(H,24,28). The van der Waals surface area contributed by atoms with Gasteiger partial charge in [-0.05, 0) is 66.2 Å². The van der Waals surface area contributed by atoms with Crippen molar-refractivity contribution < 1.29 is 23.8 Å². The maximum Gasteiger partial charge on any atom is 0.407 e. The van der Waals surface area contributed by atoms with Crippen LogP contribution in [0.4, 0.5) is 4.79 Å². The van der Waals surface area contributed by atoms with E-state index in [1.165, 1.54) is 0 Å². The van der Waals surface area contributed by atoms with Gasteiger partial charge in [-0.25, -0.2) is 9.59 Å². The molecule has 2 aromatic rings. The minimum atomic E-state index is -0.567. The van der Waals surface area contributed by atoms with Crippen LogP contribution < -0.4 is 10.1 Å². The zero-order valence-corrected chi connectivity index (χ0v) is 19.2. The molecule has 0 aliphatic rings. The van der Waals surface area contributed by atoms with E-state index in [2.05, 4.69) is 10.4 Å². The molecule has 1 N–H and O–H groups in total. The molecule has 0 aliphatic heterocycles. The highest BCUT2D eigenvalue weighted by Gasteiger charge is 2.29. The smallest absolute Gasteiger partial charge is 0.407 e. The second kappa shape index (κ2) is 10.3. The van der Waals surface area contributed by atoms with Gasteiger partial charge in [-0.1, -0.05) is 18.2 Å². The fourth-order valence-electron chi connectivity index (χ4n) is 2.88. The molecule has 8 nitrogen and oxygen atoms in total. The SMILES string of the molecule is CCOC(=O)c1cc(COc2ccccc2)nn1C(C)(C)CCNC(=O)OC(C)(C)C. The number of benzene rings is 1. The minimum Gasteiger partial charge on any atom is -0.487 e. The minimum absolute atomic E-state index is 0.218. The molecule has 1 amide bonds. The number of hydrogen-bond acceptors (Lipinski definition) is 6. The summed E-state index contributed by atoms with van der Waals surface area (Å²) in [5, 5.41) is 7.35. The molecular formula is C23H33N3O5. The van der Waals surface area contributed by atoms with E-state index in [0.717, 1.165) is 5.75 Å². The van der Waals surface area contributed by atoms with Crippen molar-refractivity contribution in [3.05, 3.63) is 47.8 Å². The first-order valence-corrected chi connectivity index (χ1v) is 10.4. The average molecular weight is 432 g/mol. The van der Waals surface area contributed by atoms with Crippen LogP contribution in [-0.2, 0) is 21.6 Å². The Hall–Kier alpha value is -3.03. The highest BCUT2D eigenvalue weighted by molar-refractivity contribution is 5.87. The summed E-state index contributed by atoms with van der Waals surface area (Å²) in [6.07, 6.45) is 0.0468. The Bertz CT molecular complexity index is 869. The molecule has 31 heavy (non-hydrogen) atoms. The molecule has 2 rings (SSSR count). The Morgan fingerprint density at radius 3 is 2.39 bits per heavy atom. The zero-order valence-electron chi connectivity index (χ0n) is 19.2. The van der Waals surface area contributed by atoms with Crippen molar-refractivity contribution in [3.63, 3.8) is 0 Å². The third-order valence-corrected chi connectivity index (χ3v) is 4.35. The number of alkyl carbamates (subject to hydrolysis) is 1. The fraction of sp³-hybridized carbons (Fsp3) is 0.522. The van der Waals surface area contributed by atoms with Crippen molar-refractivity contribution >= 4 is 12.1 Å². The van der Waals surface area contributed by atoms with Gasteiger partial charge in [-0.15, -0.1) is 0 Å². The van der Waals surface area contributed by atoms with Crippen molar-refractivity contribution in [1.82, 2.24) is 15.1 Å². The quantitative estimate of drug-likeness (QED) is 0.596. The molecule has 0 saturated heterocycles. The molecule has 0 atom stereocenters. The molecule has 1 heterocycles. The Morgan fingerprint density at radius 1 is 1.10 bits per heavy atom. The number of esters is 1. The van der Waals surface area contributed by atoms with Crippen molar-refractivity contribution in [2.75, 3.05) is 13.2 Å². The molecule has 0 radical (unpaired) electrons. The average Bonchev–Trinajstić information content (AvgIpc) is 3.11. The van der Waals surface area contributed by atoms with E-state index in [1.807, 2.05) is 65.0 Å². The number of nitrogens with zero attached hydrogens (tertiary/aromatic N) is 2. The molecule has 1 aromatic carbocycles. The summed E-state index contributed by atoms with van der Waals surface area (Å²) < 4.78 is 17.9. The maximum atomic E-state index is 12.5. The summed E-state index contributed by atoms with van der Waals surface area (Å²) in [6, 6.07) is 11.1. The number of carbonyl (C=O) groups excluding carboxylic acids is 2. The summed E-state index contributed by atoms with van der Waals surface area (Å²) in [5.74, 6) is 0.268. The van der Waals surface area contributed by atoms with Gasteiger partial charge in [0.1, 0.15) is 29.3 Å². The highest BCUT2D eigenvalue weighted by atomic mass is 16.6. The van der Waals surface area contributed by atoms with Crippen molar-refractivity contribution in [2.45, 2.75) is 65.7 Å². The van der Waals surface area contributed by atoms with Crippen LogP contribution in [0.1, 0.15) is 64.1 Å². The largest absolute Gasteiger partial charge is 0.487 e. The molecule has 8 heteroatoms. The normalized spacial score (nSPS) is 11.7. The number of aromatic nitrogens is 2. The van der Waals surface area contributed by atoms with Crippen LogP contribution in [-0.4, -0.2) is 40.6 Å². The van der Waals surface area contributed by atoms with Crippen molar-refractivity contribution in [1.29, 1.82) is 0 Å². The van der Waals surface area contributed by atoms with Gasteiger partial charge in [-0.3, -0.25) is 4.68 Å². The number of amides is 1. The summed E-state index contributed by atoms with van der Waals surface area (Å²) in [6.45, 7) is 11.9. The molecule has 0 saturated carbocycles. The lowest BCUT2D eigenvalue weighted by Crippen LogP contribution is -2.38. The van der Waals surface area contributed by atoms with Gasteiger partial charge in [0.05, 0.1) is 12.1 Å². The van der Waals surface area contributed by atoms with Gasteiger partial charge in [-0.2, -0.15) is 5.10 Å². The number of para-hydroxylation sites is 1. The fourth-order valence-corrected chi connectivity index (χ4v) is 2.88. The summed E-state index contributed by atoms with van der Waals surface area (Å²) in [5.41, 5.74) is -0.176. The predicted molar refractivity (Wildman–Crippen MR) is 117 cm³/mol. The number of rotatable bonds is 9. The second-order valence-corrected chi connectivity index (χ2v) is 8.75.